The van der Waals surface area contributed by atoms with Gasteiger partial charge < -0.3 is 4.74 Å². The van der Waals surface area contributed by atoms with E-state index in [1.165, 1.54) is 23.6 Å². The van der Waals surface area contributed by atoms with Crippen molar-refractivity contribution in [1.29, 1.82) is 0 Å². The molecular weight excluding hydrogens is 253 g/mol. The number of ether oxygens (including phenoxy) is 1. The molecule has 0 aromatic carbocycles. The first kappa shape index (κ1) is 12.7. The molecule has 0 saturated heterocycles. The average molecular weight is 265 g/mol. The van der Waals surface area contributed by atoms with Gasteiger partial charge in [-0.1, -0.05) is 6.07 Å². The van der Waals surface area contributed by atoms with Crippen molar-refractivity contribution in [3.63, 3.8) is 0 Å². The molecule has 2 rings (SSSR count). The van der Waals surface area contributed by atoms with Crippen LogP contribution in [0, 0.1) is 5.82 Å². The minimum absolute atomic E-state index is 0.0295. The second-order valence-electron chi connectivity index (χ2n) is 3.59. The van der Waals surface area contributed by atoms with Crippen LogP contribution in [0.3, 0.4) is 0 Å². The van der Waals surface area contributed by atoms with E-state index in [-0.39, 0.29) is 23.6 Å². The van der Waals surface area contributed by atoms with Crippen molar-refractivity contribution in [3.05, 3.63) is 46.0 Å². The van der Waals surface area contributed by atoms with Crippen molar-refractivity contribution < 1.29 is 13.9 Å². The Hall–Kier alpha value is -1.75. The van der Waals surface area contributed by atoms with Gasteiger partial charge in [-0.2, -0.15) is 0 Å². The SMILES string of the molecule is CCOc1nccc(C(=O)Cc2cccs2)c1F. The average Bonchev–Trinajstić information content (AvgIpc) is 2.85. The van der Waals surface area contributed by atoms with E-state index in [1.807, 2.05) is 17.5 Å². The molecule has 0 aliphatic carbocycles. The highest BCUT2D eigenvalue weighted by molar-refractivity contribution is 7.10. The maximum absolute atomic E-state index is 13.9. The highest BCUT2D eigenvalue weighted by Gasteiger charge is 2.17. The third kappa shape index (κ3) is 2.73. The molecule has 0 unspecified atom stereocenters. The van der Waals surface area contributed by atoms with Crippen molar-refractivity contribution in [2.45, 2.75) is 13.3 Å². The minimum Gasteiger partial charge on any atom is -0.476 e. The molecule has 94 valence electrons. The fourth-order valence-electron chi connectivity index (χ4n) is 1.54. The molecule has 2 aromatic heterocycles. The molecule has 0 aliphatic heterocycles. The number of carbonyl (C=O) groups is 1. The zero-order valence-corrected chi connectivity index (χ0v) is 10.7. The highest BCUT2D eigenvalue weighted by atomic mass is 32.1. The monoisotopic (exact) mass is 265 g/mol. The van der Waals surface area contributed by atoms with E-state index in [9.17, 15) is 9.18 Å². The van der Waals surface area contributed by atoms with Crippen LogP contribution >= 0.6 is 11.3 Å². The maximum Gasteiger partial charge on any atom is 0.251 e. The fourth-order valence-corrected chi connectivity index (χ4v) is 2.25. The van der Waals surface area contributed by atoms with Gasteiger partial charge in [0.15, 0.2) is 11.6 Å². The Balaban J connectivity index is 2.22. The van der Waals surface area contributed by atoms with Gasteiger partial charge in [-0.15, -0.1) is 11.3 Å². The van der Waals surface area contributed by atoms with E-state index in [4.69, 9.17) is 4.74 Å². The van der Waals surface area contributed by atoms with Crippen LogP contribution < -0.4 is 4.74 Å². The number of halogens is 1. The summed E-state index contributed by atoms with van der Waals surface area (Å²) in [5.41, 5.74) is 0.0295. The number of aromatic nitrogens is 1. The number of hydrogen-bond acceptors (Lipinski definition) is 4. The van der Waals surface area contributed by atoms with Gasteiger partial charge in [-0.3, -0.25) is 4.79 Å². The first-order valence-electron chi connectivity index (χ1n) is 5.55. The molecule has 5 heteroatoms. The first-order chi connectivity index (χ1) is 8.72. The number of rotatable bonds is 5. The Morgan fingerprint density at radius 3 is 3.00 bits per heavy atom. The molecule has 2 aromatic rings. The standard InChI is InChI=1S/C13H12FNO2S/c1-2-17-13-12(14)10(5-6-15-13)11(16)8-9-4-3-7-18-9/h3-7H,2,8H2,1H3. The molecule has 0 N–H and O–H groups in total. The van der Waals surface area contributed by atoms with E-state index >= 15 is 0 Å². The summed E-state index contributed by atoms with van der Waals surface area (Å²) in [5, 5.41) is 1.89. The lowest BCUT2D eigenvalue weighted by atomic mass is 10.1. The third-order valence-electron chi connectivity index (χ3n) is 2.35. The summed E-state index contributed by atoms with van der Waals surface area (Å²) >= 11 is 1.48. The van der Waals surface area contributed by atoms with E-state index in [2.05, 4.69) is 4.98 Å². The topological polar surface area (TPSA) is 39.2 Å². The van der Waals surface area contributed by atoms with Crippen LogP contribution in [0.25, 0.3) is 0 Å². The van der Waals surface area contributed by atoms with Crippen molar-refractivity contribution in [3.8, 4) is 5.88 Å². The lowest BCUT2D eigenvalue weighted by Gasteiger charge is -2.06. The summed E-state index contributed by atoms with van der Waals surface area (Å²) in [6, 6.07) is 5.10. The first-order valence-corrected chi connectivity index (χ1v) is 6.43. The van der Waals surface area contributed by atoms with E-state index in [0.29, 0.717) is 6.61 Å². The quantitative estimate of drug-likeness (QED) is 0.780. The Morgan fingerprint density at radius 1 is 1.50 bits per heavy atom. The Bertz CT molecular complexity index is 540. The molecule has 0 saturated carbocycles. The number of ketones is 1. The maximum atomic E-state index is 13.9. The van der Waals surface area contributed by atoms with Crippen LogP contribution in [-0.2, 0) is 6.42 Å². The molecular formula is C13H12FNO2S. The van der Waals surface area contributed by atoms with Gasteiger partial charge >= 0.3 is 0 Å². The second-order valence-corrected chi connectivity index (χ2v) is 4.62. The van der Waals surface area contributed by atoms with Crippen molar-refractivity contribution in [1.82, 2.24) is 4.98 Å². The van der Waals surface area contributed by atoms with Gasteiger partial charge in [-0.25, -0.2) is 9.37 Å². The van der Waals surface area contributed by atoms with Crippen molar-refractivity contribution in [2.75, 3.05) is 6.61 Å². The molecule has 3 nitrogen and oxygen atoms in total. The summed E-state index contributed by atoms with van der Waals surface area (Å²) in [6.45, 7) is 2.05. The number of thiophene rings is 1. The van der Waals surface area contributed by atoms with Crippen LogP contribution in [0.5, 0.6) is 5.88 Å². The zero-order chi connectivity index (χ0) is 13.0. The lowest BCUT2D eigenvalue weighted by Crippen LogP contribution is -2.08. The fraction of sp³-hybridized carbons (Fsp3) is 0.231. The highest BCUT2D eigenvalue weighted by Crippen LogP contribution is 2.20. The van der Waals surface area contributed by atoms with E-state index < -0.39 is 5.82 Å². The molecule has 0 atom stereocenters. The minimum atomic E-state index is -0.680. The molecule has 0 amide bonds. The number of Topliss-reactive ketones (excluding diaryl/α,β-unsaturated/α-hetero) is 1. The third-order valence-corrected chi connectivity index (χ3v) is 3.23. The lowest BCUT2D eigenvalue weighted by molar-refractivity contribution is 0.0988. The molecule has 0 fully saturated rings. The number of carbonyl (C=O) groups excluding carboxylic acids is 1. The molecule has 0 spiro atoms. The smallest absolute Gasteiger partial charge is 0.251 e. The molecule has 0 aliphatic rings. The van der Waals surface area contributed by atoms with Gasteiger partial charge in [0.25, 0.3) is 5.88 Å². The second kappa shape index (κ2) is 5.73. The van der Waals surface area contributed by atoms with E-state index in [0.717, 1.165) is 4.88 Å². The van der Waals surface area contributed by atoms with Gasteiger partial charge in [-0.05, 0) is 24.4 Å². The summed E-state index contributed by atoms with van der Waals surface area (Å²) in [7, 11) is 0. The molecule has 0 radical (unpaired) electrons. The largest absolute Gasteiger partial charge is 0.476 e. The number of nitrogens with zero attached hydrogens (tertiary/aromatic N) is 1. The van der Waals surface area contributed by atoms with E-state index in [1.54, 1.807) is 6.92 Å². The Morgan fingerprint density at radius 2 is 2.33 bits per heavy atom. The zero-order valence-electron chi connectivity index (χ0n) is 9.85. The van der Waals surface area contributed by atoms with Gasteiger partial charge in [0.2, 0.25) is 0 Å². The van der Waals surface area contributed by atoms with Crippen LogP contribution in [0.1, 0.15) is 22.2 Å². The van der Waals surface area contributed by atoms with Gasteiger partial charge in [0.05, 0.1) is 12.2 Å². The normalized spacial score (nSPS) is 10.3. The van der Waals surface area contributed by atoms with Crippen LogP contribution in [0.2, 0.25) is 0 Å². The predicted octanol–water partition coefficient (Wildman–Crippen LogP) is 3.11. The Kier molecular flexibility index (Phi) is 4.04. The molecule has 0 bridgehead atoms. The van der Waals surface area contributed by atoms with Crippen LogP contribution in [0.4, 0.5) is 4.39 Å². The summed E-state index contributed by atoms with van der Waals surface area (Å²) in [4.78, 5) is 16.6. The summed E-state index contributed by atoms with van der Waals surface area (Å²) in [6.07, 6.45) is 1.58. The summed E-state index contributed by atoms with van der Waals surface area (Å²) in [5.74, 6) is -1.06. The van der Waals surface area contributed by atoms with Crippen molar-refractivity contribution in [2.24, 2.45) is 0 Å². The van der Waals surface area contributed by atoms with Gasteiger partial charge in [0, 0.05) is 17.5 Å². The van der Waals surface area contributed by atoms with Gasteiger partial charge in [0.1, 0.15) is 0 Å². The molecule has 18 heavy (non-hydrogen) atoms. The predicted molar refractivity (Wildman–Crippen MR) is 67.7 cm³/mol. The summed E-state index contributed by atoms with van der Waals surface area (Å²) < 4.78 is 19.0. The molecule has 2 heterocycles. The van der Waals surface area contributed by atoms with Crippen LogP contribution in [-0.4, -0.2) is 17.4 Å². The number of hydrogen-bond donors (Lipinski definition) is 0. The number of pyridine rings is 1. The van der Waals surface area contributed by atoms with Crippen LogP contribution in [0.15, 0.2) is 29.8 Å². The Labute approximate surface area is 108 Å². The van der Waals surface area contributed by atoms with Crippen molar-refractivity contribution >= 4 is 17.1 Å².